The average molecular weight is 298 g/mol. The van der Waals surface area contributed by atoms with Crippen molar-refractivity contribution in [1.29, 1.82) is 0 Å². The van der Waals surface area contributed by atoms with Gasteiger partial charge in [-0.1, -0.05) is 28.8 Å². The first-order chi connectivity index (χ1) is 7.70. The Balaban J connectivity index is 2.01. The van der Waals surface area contributed by atoms with Gasteiger partial charge < -0.3 is 5.32 Å². The molecule has 1 aliphatic carbocycles. The number of anilines is 1. The van der Waals surface area contributed by atoms with Crippen molar-refractivity contribution in [3.63, 3.8) is 0 Å². The molecule has 1 spiro atoms. The van der Waals surface area contributed by atoms with Crippen LogP contribution < -0.4 is 5.32 Å². The summed E-state index contributed by atoms with van der Waals surface area (Å²) in [4.78, 5) is 13.3. The van der Waals surface area contributed by atoms with Gasteiger partial charge in [0.15, 0.2) is 0 Å². The molecule has 2 aliphatic rings. The zero-order valence-corrected chi connectivity index (χ0v) is 11.2. The minimum atomic E-state index is -0.180. The van der Waals surface area contributed by atoms with Crippen LogP contribution in [0.15, 0.2) is 27.6 Å². The first kappa shape index (κ1) is 10.7. The van der Waals surface area contributed by atoms with E-state index in [0.717, 1.165) is 23.0 Å². The number of fused-ring (bicyclic) bond motifs is 1. The predicted octanol–water partition coefficient (Wildman–Crippen LogP) is 3.81. The fraction of sp³-hybridized carbons (Fsp3) is 0.417. The summed E-state index contributed by atoms with van der Waals surface area (Å²) >= 11 is 5.18. The molecule has 1 aliphatic heterocycles. The summed E-state index contributed by atoms with van der Waals surface area (Å²) in [6, 6.07) is 6.09. The number of thioether (sulfide) groups is 1. The maximum absolute atomic E-state index is 12.1. The van der Waals surface area contributed by atoms with Crippen molar-refractivity contribution in [3.05, 3.63) is 22.7 Å². The average Bonchev–Trinajstić information content (AvgIpc) is 2.70. The number of halogens is 1. The Bertz CT molecular complexity index is 454. The maximum atomic E-state index is 12.1. The highest BCUT2D eigenvalue weighted by atomic mass is 79.9. The molecule has 16 heavy (non-hydrogen) atoms. The van der Waals surface area contributed by atoms with Crippen LogP contribution in [0.1, 0.15) is 25.7 Å². The lowest BCUT2D eigenvalue weighted by Crippen LogP contribution is -2.40. The lowest BCUT2D eigenvalue weighted by molar-refractivity contribution is -0.118. The molecule has 0 aromatic heterocycles. The number of benzene rings is 1. The monoisotopic (exact) mass is 297 g/mol. The molecule has 0 saturated heterocycles. The zero-order valence-electron chi connectivity index (χ0n) is 8.75. The van der Waals surface area contributed by atoms with Gasteiger partial charge in [-0.3, -0.25) is 4.79 Å². The summed E-state index contributed by atoms with van der Waals surface area (Å²) in [5.41, 5.74) is 0.946. The molecular weight excluding hydrogens is 286 g/mol. The van der Waals surface area contributed by atoms with Crippen LogP contribution in [0.2, 0.25) is 0 Å². The molecule has 1 aromatic carbocycles. The van der Waals surface area contributed by atoms with E-state index >= 15 is 0 Å². The van der Waals surface area contributed by atoms with Crippen LogP contribution in [0.4, 0.5) is 5.69 Å². The van der Waals surface area contributed by atoms with E-state index in [1.54, 1.807) is 11.8 Å². The molecule has 0 radical (unpaired) electrons. The van der Waals surface area contributed by atoms with Gasteiger partial charge in [0.25, 0.3) is 0 Å². The van der Waals surface area contributed by atoms with E-state index in [9.17, 15) is 4.79 Å². The quantitative estimate of drug-likeness (QED) is 0.789. The van der Waals surface area contributed by atoms with E-state index in [0.29, 0.717) is 0 Å². The number of nitrogens with one attached hydrogen (secondary N) is 1. The van der Waals surface area contributed by atoms with E-state index in [1.807, 2.05) is 12.1 Å². The van der Waals surface area contributed by atoms with Gasteiger partial charge >= 0.3 is 0 Å². The van der Waals surface area contributed by atoms with E-state index in [1.165, 1.54) is 17.7 Å². The first-order valence-corrected chi connectivity index (χ1v) is 7.11. The molecule has 0 bridgehead atoms. The van der Waals surface area contributed by atoms with Gasteiger partial charge in [0.05, 0.1) is 10.4 Å². The fourth-order valence-corrected chi connectivity index (χ4v) is 4.23. The maximum Gasteiger partial charge on any atom is 0.241 e. The van der Waals surface area contributed by atoms with Gasteiger partial charge in [-0.05, 0) is 31.0 Å². The van der Waals surface area contributed by atoms with Gasteiger partial charge in [-0.2, -0.15) is 0 Å². The molecule has 1 heterocycles. The van der Waals surface area contributed by atoms with Crippen LogP contribution in [-0.4, -0.2) is 10.7 Å². The molecule has 0 atom stereocenters. The summed E-state index contributed by atoms with van der Waals surface area (Å²) in [7, 11) is 0. The van der Waals surface area contributed by atoms with Crippen LogP contribution in [-0.2, 0) is 4.79 Å². The van der Waals surface area contributed by atoms with Crippen molar-refractivity contribution in [2.24, 2.45) is 0 Å². The third-order valence-corrected chi connectivity index (χ3v) is 5.37. The van der Waals surface area contributed by atoms with Crippen LogP contribution in [0.5, 0.6) is 0 Å². The molecule has 84 valence electrons. The normalized spacial score (nSPS) is 21.9. The van der Waals surface area contributed by atoms with E-state index in [4.69, 9.17) is 0 Å². The number of amides is 1. The lowest BCUT2D eigenvalue weighted by Gasteiger charge is -2.32. The standard InChI is InChI=1S/C12H12BrNOS/c13-8-3-4-10-9(7-8)14-11(15)12(16-10)5-1-2-6-12/h3-4,7H,1-2,5-6H2,(H,14,15). The molecule has 1 fully saturated rings. The number of hydrogen-bond acceptors (Lipinski definition) is 2. The van der Waals surface area contributed by atoms with E-state index in [2.05, 4.69) is 27.3 Å². The Morgan fingerprint density at radius 3 is 2.81 bits per heavy atom. The van der Waals surface area contributed by atoms with Crippen molar-refractivity contribution < 1.29 is 4.79 Å². The third-order valence-electron chi connectivity index (χ3n) is 3.32. The summed E-state index contributed by atoms with van der Waals surface area (Å²) in [6.45, 7) is 0. The van der Waals surface area contributed by atoms with Gasteiger partial charge in [-0.15, -0.1) is 11.8 Å². The molecule has 2 nitrogen and oxygen atoms in total. The Hall–Kier alpha value is -0.480. The topological polar surface area (TPSA) is 29.1 Å². The molecule has 1 aromatic rings. The highest BCUT2D eigenvalue weighted by molar-refractivity contribution is 9.10. The molecular formula is C12H12BrNOS. The molecule has 1 amide bonds. The first-order valence-electron chi connectivity index (χ1n) is 5.50. The number of carbonyl (C=O) groups is 1. The molecule has 1 saturated carbocycles. The van der Waals surface area contributed by atoms with Gasteiger partial charge in [0.2, 0.25) is 5.91 Å². The summed E-state index contributed by atoms with van der Waals surface area (Å²) in [5.74, 6) is 0.195. The van der Waals surface area contributed by atoms with Crippen LogP contribution in [0.3, 0.4) is 0 Å². The van der Waals surface area contributed by atoms with Gasteiger partial charge in [0.1, 0.15) is 0 Å². The Morgan fingerprint density at radius 1 is 1.31 bits per heavy atom. The largest absolute Gasteiger partial charge is 0.324 e. The molecule has 0 unspecified atom stereocenters. The Labute approximate surface area is 107 Å². The molecule has 1 N–H and O–H groups in total. The van der Waals surface area contributed by atoms with Gasteiger partial charge in [-0.25, -0.2) is 0 Å². The van der Waals surface area contributed by atoms with Crippen molar-refractivity contribution >= 4 is 39.3 Å². The van der Waals surface area contributed by atoms with Crippen molar-refractivity contribution in [3.8, 4) is 0 Å². The number of rotatable bonds is 0. The zero-order chi connectivity index (χ0) is 11.2. The van der Waals surface area contributed by atoms with Crippen LogP contribution in [0.25, 0.3) is 0 Å². The SMILES string of the molecule is O=C1Nc2cc(Br)ccc2SC12CCCC2. The minimum absolute atomic E-state index is 0.180. The second-order valence-electron chi connectivity index (χ2n) is 4.40. The molecule has 3 rings (SSSR count). The number of carbonyl (C=O) groups excluding carboxylic acids is 1. The second kappa shape index (κ2) is 3.77. The summed E-state index contributed by atoms with van der Waals surface area (Å²) < 4.78 is 0.829. The van der Waals surface area contributed by atoms with E-state index < -0.39 is 0 Å². The Morgan fingerprint density at radius 2 is 2.06 bits per heavy atom. The van der Waals surface area contributed by atoms with Crippen molar-refractivity contribution in [1.82, 2.24) is 0 Å². The third kappa shape index (κ3) is 1.59. The van der Waals surface area contributed by atoms with Crippen molar-refractivity contribution in [2.75, 3.05) is 5.32 Å². The highest BCUT2D eigenvalue weighted by Crippen LogP contribution is 2.51. The summed E-state index contributed by atoms with van der Waals surface area (Å²) in [5, 5.41) is 3.04. The predicted molar refractivity (Wildman–Crippen MR) is 69.8 cm³/mol. The summed E-state index contributed by atoms with van der Waals surface area (Å²) in [6.07, 6.45) is 4.37. The number of hydrogen-bond donors (Lipinski definition) is 1. The van der Waals surface area contributed by atoms with Crippen molar-refractivity contribution in [2.45, 2.75) is 35.3 Å². The minimum Gasteiger partial charge on any atom is -0.324 e. The second-order valence-corrected chi connectivity index (χ2v) is 6.74. The fourth-order valence-electron chi connectivity index (χ4n) is 2.46. The van der Waals surface area contributed by atoms with Gasteiger partial charge in [0, 0.05) is 9.37 Å². The van der Waals surface area contributed by atoms with Crippen LogP contribution >= 0.6 is 27.7 Å². The lowest BCUT2D eigenvalue weighted by atomic mass is 10.1. The Kier molecular flexibility index (Phi) is 2.51. The van der Waals surface area contributed by atoms with E-state index in [-0.39, 0.29) is 10.7 Å². The smallest absolute Gasteiger partial charge is 0.241 e. The highest BCUT2D eigenvalue weighted by Gasteiger charge is 2.45. The molecule has 4 heteroatoms. The van der Waals surface area contributed by atoms with Crippen LogP contribution in [0, 0.1) is 0 Å².